The average molecular weight is 243 g/mol. The largest absolute Gasteiger partial charge is 0.339 e. The standard InChI is InChI=1S/C14H17N3O/c1-15-9-10-17(2)14(18)13-8-7-11-5-3-4-6-12(11)16-13/h3-8,15H,9-10H2,1-2H3. The molecule has 4 heteroatoms. The maximum Gasteiger partial charge on any atom is 0.272 e. The van der Waals surface area contributed by atoms with Gasteiger partial charge in [-0.1, -0.05) is 24.3 Å². The van der Waals surface area contributed by atoms with Gasteiger partial charge in [0.1, 0.15) is 5.69 Å². The summed E-state index contributed by atoms with van der Waals surface area (Å²) in [7, 11) is 3.66. The van der Waals surface area contributed by atoms with Crippen molar-refractivity contribution in [2.75, 3.05) is 27.2 Å². The van der Waals surface area contributed by atoms with E-state index in [2.05, 4.69) is 10.3 Å². The van der Waals surface area contributed by atoms with Crippen molar-refractivity contribution in [3.05, 3.63) is 42.1 Å². The Kier molecular flexibility index (Phi) is 3.89. The zero-order valence-corrected chi connectivity index (χ0v) is 10.7. The molecule has 2 rings (SSSR count). The van der Waals surface area contributed by atoms with Gasteiger partial charge in [0.2, 0.25) is 0 Å². The summed E-state index contributed by atoms with van der Waals surface area (Å²) in [6.45, 7) is 1.44. The van der Waals surface area contributed by atoms with Gasteiger partial charge in [-0.15, -0.1) is 0 Å². The van der Waals surface area contributed by atoms with Crippen LogP contribution in [0.1, 0.15) is 10.5 Å². The molecule has 0 atom stereocenters. The maximum atomic E-state index is 12.1. The number of carbonyl (C=O) groups excluding carboxylic acids is 1. The maximum absolute atomic E-state index is 12.1. The molecule has 0 aliphatic carbocycles. The fourth-order valence-electron chi connectivity index (χ4n) is 1.76. The van der Waals surface area contributed by atoms with Crippen LogP contribution in [0.5, 0.6) is 0 Å². The molecule has 4 nitrogen and oxygen atoms in total. The first-order valence-corrected chi connectivity index (χ1v) is 5.98. The summed E-state index contributed by atoms with van der Waals surface area (Å²) in [6.07, 6.45) is 0. The van der Waals surface area contributed by atoms with E-state index in [4.69, 9.17) is 0 Å². The summed E-state index contributed by atoms with van der Waals surface area (Å²) < 4.78 is 0. The number of para-hydroxylation sites is 1. The molecular formula is C14H17N3O. The second kappa shape index (κ2) is 5.60. The number of hydrogen-bond acceptors (Lipinski definition) is 3. The third-order valence-corrected chi connectivity index (χ3v) is 2.86. The number of aromatic nitrogens is 1. The Morgan fingerprint density at radius 2 is 2.06 bits per heavy atom. The molecule has 0 spiro atoms. The second-order valence-electron chi connectivity index (χ2n) is 4.22. The minimum atomic E-state index is -0.0454. The molecule has 1 aromatic carbocycles. The van der Waals surface area contributed by atoms with Crippen molar-refractivity contribution in [3.63, 3.8) is 0 Å². The number of nitrogens with zero attached hydrogens (tertiary/aromatic N) is 2. The Balaban J connectivity index is 2.22. The first-order valence-electron chi connectivity index (χ1n) is 5.98. The molecule has 1 aromatic heterocycles. The molecular weight excluding hydrogens is 226 g/mol. The Morgan fingerprint density at radius 1 is 1.28 bits per heavy atom. The Bertz CT molecular complexity index is 553. The first kappa shape index (κ1) is 12.5. The topological polar surface area (TPSA) is 45.2 Å². The van der Waals surface area contributed by atoms with Crippen LogP contribution in [-0.4, -0.2) is 43.0 Å². The monoisotopic (exact) mass is 243 g/mol. The zero-order chi connectivity index (χ0) is 13.0. The van der Waals surface area contributed by atoms with Crippen LogP contribution in [-0.2, 0) is 0 Å². The number of nitrogens with one attached hydrogen (secondary N) is 1. The van der Waals surface area contributed by atoms with Gasteiger partial charge in [-0.05, 0) is 19.2 Å². The quantitative estimate of drug-likeness (QED) is 0.885. The van der Waals surface area contributed by atoms with Gasteiger partial charge in [0.05, 0.1) is 5.52 Å². The first-order chi connectivity index (χ1) is 8.72. The second-order valence-corrected chi connectivity index (χ2v) is 4.22. The summed E-state index contributed by atoms with van der Waals surface area (Å²) in [4.78, 5) is 18.2. The summed E-state index contributed by atoms with van der Waals surface area (Å²) in [5, 5.41) is 4.07. The van der Waals surface area contributed by atoms with Crippen molar-refractivity contribution in [1.29, 1.82) is 0 Å². The van der Waals surface area contributed by atoms with Crippen LogP contribution < -0.4 is 5.32 Å². The predicted octanol–water partition coefficient (Wildman–Crippen LogP) is 1.53. The van der Waals surface area contributed by atoms with Gasteiger partial charge < -0.3 is 10.2 Å². The third-order valence-electron chi connectivity index (χ3n) is 2.86. The molecule has 18 heavy (non-hydrogen) atoms. The number of carbonyl (C=O) groups is 1. The number of benzene rings is 1. The van der Waals surface area contributed by atoms with Crippen molar-refractivity contribution in [3.8, 4) is 0 Å². The average Bonchev–Trinajstić information content (AvgIpc) is 2.43. The minimum Gasteiger partial charge on any atom is -0.339 e. The van der Waals surface area contributed by atoms with Crippen LogP contribution in [0.25, 0.3) is 10.9 Å². The Labute approximate surface area is 107 Å². The number of fused-ring (bicyclic) bond motifs is 1. The lowest BCUT2D eigenvalue weighted by Gasteiger charge is -2.16. The summed E-state index contributed by atoms with van der Waals surface area (Å²) in [5.41, 5.74) is 1.35. The highest BCUT2D eigenvalue weighted by Gasteiger charge is 2.12. The summed E-state index contributed by atoms with van der Waals surface area (Å²) >= 11 is 0. The van der Waals surface area contributed by atoms with Crippen molar-refractivity contribution in [2.24, 2.45) is 0 Å². The van der Waals surface area contributed by atoms with Gasteiger partial charge in [0.15, 0.2) is 0 Å². The van der Waals surface area contributed by atoms with Crippen molar-refractivity contribution in [1.82, 2.24) is 15.2 Å². The lowest BCUT2D eigenvalue weighted by molar-refractivity contribution is 0.0791. The van der Waals surface area contributed by atoms with Crippen LogP contribution in [0.3, 0.4) is 0 Å². The van der Waals surface area contributed by atoms with Crippen LogP contribution in [0.2, 0.25) is 0 Å². The molecule has 1 heterocycles. The Hall–Kier alpha value is -1.94. The predicted molar refractivity (Wildman–Crippen MR) is 72.6 cm³/mol. The molecule has 2 aromatic rings. The molecule has 0 aliphatic heterocycles. The van der Waals surface area contributed by atoms with E-state index in [0.717, 1.165) is 17.4 Å². The highest BCUT2D eigenvalue weighted by molar-refractivity contribution is 5.94. The lowest BCUT2D eigenvalue weighted by Crippen LogP contribution is -2.33. The van der Waals surface area contributed by atoms with Crippen molar-refractivity contribution in [2.45, 2.75) is 0 Å². The molecule has 94 valence electrons. The normalized spacial score (nSPS) is 10.6. The molecule has 0 bridgehead atoms. The molecule has 0 saturated heterocycles. The molecule has 1 N–H and O–H groups in total. The number of pyridine rings is 1. The summed E-state index contributed by atoms with van der Waals surface area (Å²) in [6, 6.07) is 11.5. The van der Waals surface area contributed by atoms with E-state index in [1.165, 1.54) is 0 Å². The van der Waals surface area contributed by atoms with E-state index >= 15 is 0 Å². The van der Waals surface area contributed by atoms with Gasteiger partial charge in [0.25, 0.3) is 5.91 Å². The van der Waals surface area contributed by atoms with Crippen molar-refractivity contribution < 1.29 is 4.79 Å². The SMILES string of the molecule is CNCCN(C)C(=O)c1ccc2ccccc2n1. The molecule has 0 unspecified atom stereocenters. The highest BCUT2D eigenvalue weighted by Crippen LogP contribution is 2.12. The highest BCUT2D eigenvalue weighted by atomic mass is 16.2. The van der Waals surface area contributed by atoms with Crippen LogP contribution in [0.4, 0.5) is 0 Å². The Morgan fingerprint density at radius 3 is 2.83 bits per heavy atom. The van der Waals surface area contributed by atoms with E-state index in [-0.39, 0.29) is 5.91 Å². The van der Waals surface area contributed by atoms with E-state index in [1.807, 2.05) is 37.4 Å². The van der Waals surface area contributed by atoms with Crippen LogP contribution in [0, 0.1) is 0 Å². The summed E-state index contributed by atoms with van der Waals surface area (Å²) in [5.74, 6) is -0.0454. The van der Waals surface area contributed by atoms with E-state index in [9.17, 15) is 4.79 Å². The fraction of sp³-hybridized carbons (Fsp3) is 0.286. The van der Waals surface area contributed by atoms with Crippen LogP contribution >= 0.6 is 0 Å². The number of likely N-dealkylation sites (N-methyl/N-ethyl adjacent to an activating group) is 2. The van der Waals surface area contributed by atoms with Crippen molar-refractivity contribution >= 4 is 16.8 Å². The third kappa shape index (κ3) is 2.65. The van der Waals surface area contributed by atoms with Gasteiger partial charge in [-0.2, -0.15) is 0 Å². The van der Waals surface area contributed by atoms with Gasteiger partial charge >= 0.3 is 0 Å². The molecule has 0 radical (unpaired) electrons. The molecule has 0 saturated carbocycles. The number of hydrogen-bond donors (Lipinski definition) is 1. The lowest BCUT2D eigenvalue weighted by atomic mass is 10.2. The smallest absolute Gasteiger partial charge is 0.272 e. The molecule has 0 aliphatic rings. The zero-order valence-electron chi connectivity index (χ0n) is 10.7. The number of rotatable bonds is 4. The van der Waals surface area contributed by atoms with E-state index in [0.29, 0.717) is 12.2 Å². The van der Waals surface area contributed by atoms with Gasteiger partial charge in [-0.25, -0.2) is 4.98 Å². The molecule has 1 amide bonds. The fourth-order valence-corrected chi connectivity index (χ4v) is 1.76. The van der Waals surface area contributed by atoms with E-state index in [1.54, 1.807) is 18.0 Å². The minimum absolute atomic E-state index is 0.0454. The number of amides is 1. The van der Waals surface area contributed by atoms with Gasteiger partial charge in [-0.3, -0.25) is 4.79 Å². The molecule has 0 fully saturated rings. The van der Waals surface area contributed by atoms with Gasteiger partial charge in [0, 0.05) is 25.5 Å². The van der Waals surface area contributed by atoms with Crippen LogP contribution in [0.15, 0.2) is 36.4 Å². The van der Waals surface area contributed by atoms with E-state index < -0.39 is 0 Å².